The molecule has 31 heavy (non-hydrogen) atoms. The van der Waals surface area contributed by atoms with Crippen molar-refractivity contribution in [3.05, 3.63) is 92.4 Å². The summed E-state index contributed by atoms with van der Waals surface area (Å²) in [4.78, 5) is 24.4. The van der Waals surface area contributed by atoms with Gasteiger partial charge in [0.2, 0.25) is 0 Å². The first-order chi connectivity index (χ1) is 14.9. The van der Waals surface area contributed by atoms with Crippen LogP contribution in [0.25, 0.3) is 0 Å². The summed E-state index contributed by atoms with van der Waals surface area (Å²) in [6.07, 6.45) is 1.43. The molecule has 0 aliphatic rings. The number of benzene rings is 3. The first kappa shape index (κ1) is 22.6. The fraction of sp³-hybridized carbons (Fsp3) is 0.0455. The van der Waals surface area contributed by atoms with Gasteiger partial charge in [-0.3, -0.25) is 4.79 Å². The fourth-order valence-electron chi connectivity index (χ4n) is 2.46. The Hall–Kier alpha value is -3.06. The number of hydrogen-bond acceptors (Lipinski definition) is 5. The monoisotopic (exact) mass is 476 g/mol. The van der Waals surface area contributed by atoms with Crippen molar-refractivity contribution in [3.8, 4) is 11.5 Å². The van der Waals surface area contributed by atoms with Gasteiger partial charge in [-0.25, -0.2) is 10.2 Å². The number of hydrazone groups is 1. The fourth-order valence-corrected chi connectivity index (χ4v) is 2.89. The maximum atomic E-state index is 12.4. The SMILES string of the molecule is COc1cc(C=NNC(=O)c2ccc(Cl)cc2)ccc1OC(=O)c1ccc(Cl)c(Cl)c1. The molecule has 0 bridgehead atoms. The molecule has 0 fully saturated rings. The number of esters is 1. The van der Waals surface area contributed by atoms with E-state index in [4.69, 9.17) is 44.3 Å². The molecule has 0 aliphatic carbocycles. The molecular formula is C22H15Cl3N2O4. The number of rotatable bonds is 6. The summed E-state index contributed by atoms with van der Waals surface area (Å²) < 4.78 is 10.7. The van der Waals surface area contributed by atoms with Crippen LogP contribution in [0.15, 0.2) is 65.8 Å². The van der Waals surface area contributed by atoms with E-state index in [0.29, 0.717) is 26.9 Å². The van der Waals surface area contributed by atoms with E-state index in [1.54, 1.807) is 42.5 Å². The summed E-state index contributed by atoms with van der Waals surface area (Å²) in [5, 5.41) is 5.04. The molecule has 1 N–H and O–H groups in total. The van der Waals surface area contributed by atoms with Crippen molar-refractivity contribution in [2.45, 2.75) is 0 Å². The second kappa shape index (κ2) is 10.3. The zero-order chi connectivity index (χ0) is 22.4. The van der Waals surface area contributed by atoms with E-state index in [-0.39, 0.29) is 22.2 Å². The van der Waals surface area contributed by atoms with Crippen LogP contribution in [0.1, 0.15) is 26.3 Å². The van der Waals surface area contributed by atoms with E-state index < -0.39 is 5.97 Å². The van der Waals surface area contributed by atoms with Crippen LogP contribution < -0.4 is 14.9 Å². The minimum atomic E-state index is -0.617. The van der Waals surface area contributed by atoms with Crippen LogP contribution in [-0.2, 0) is 0 Å². The van der Waals surface area contributed by atoms with E-state index in [9.17, 15) is 9.59 Å². The van der Waals surface area contributed by atoms with Crippen LogP contribution in [0.3, 0.4) is 0 Å². The van der Waals surface area contributed by atoms with Gasteiger partial charge in [-0.05, 0) is 66.2 Å². The lowest BCUT2D eigenvalue weighted by Crippen LogP contribution is -2.17. The van der Waals surface area contributed by atoms with E-state index >= 15 is 0 Å². The maximum absolute atomic E-state index is 12.4. The van der Waals surface area contributed by atoms with Crippen molar-refractivity contribution in [2.24, 2.45) is 5.10 Å². The molecular weight excluding hydrogens is 463 g/mol. The van der Waals surface area contributed by atoms with Crippen LogP contribution >= 0.6 is 34.8 Å². The predicted octanol–water partition coefficient (Wildman–Crippen LogP) is 5.64. The van der Waals surface area contributed by atoms with E-state index in [0.717, 1.165) is 0 Å². The van der Waals surface area contributed by atoms with Crippen LogP contribution in [0.4, 0.5) is 0 Å². The van der Waals surface area contributed by atoms with Crippen LogP contribution in [-0.4, -0.2) is 25.2 Å². The molecule has 0 aromatic heterocycles. The van der Waals surface area contributed by atoms with Gasteiger partial charge in [-0.2, -0.15) is 5.10 Å². The average Bonchev–Trinajstić information content (AvgIpc) is 2.76. The number of nitrogens with one attached hydrogen (secondary N) is 1. The molecule has 9 heteroatoms. The Morgan fingerprint density at radius 3 is 2.26 bits per heavy atom. The highest BCUT2D eigenvalue weighted by Gasteiger charge is 2.14. The number of carbonyl (C=O) groups excluding carboxylic acids is 2. The maximum Gasteiger partial charge on any atom is 0.343 e. The first-order valence-corrected chi connectivity index (χ1v) is 9.95. The molecule has 0 unspecified atom stereocenters. The Labute approximate surface area is 193 Å². The van der Waals surface area contributed by atoms with Crippen LogP contribution in [0.5, 0.6) is 11.5 Å². The van der Waals surface area contributed by atoms with Crippen LogP contribution in [0, 0.1) is 0 Å². The largest absolute Gasteiger partial charge is 0.493 e. The highest BCUT2D eigenvalue weighted by Crippen LogP contribution is 2.29. The van der Waals surface area contributed by atoms with Gasteiger partial charge in [0.05, 0.1) is 28.9 Å². The number of amides is 1. The molecule has 0 aliphatic heterocycles. The number of ether oxygens (including phenoxy) is 2. The summed E-state index contributed by atoms with van der Waals surface area (Å²) in [6.45, 7) is 0. The van der Waals surface area contributed by atoms with Gasteiger partial charge < -0.3 is 9.47 Å². The Bertz CT molecular complexity index is 1150. The highest BCUT2D eigenvalue weighted by atomic mass is 35.5. The molecule has 0 radical (unpaired) electrons. The molecule has 6 nitrogen and oxygen atoms in total. The van der Waals surface area contributed by atoms with E-state index in [1.807, 2.05) is 0 Å². The van der Waals surface area contributed by atoms with Crippen molar-refractivity contribution in [2.75, 3.05) is 7.11 Å². The molecule has 3 aromatic rings. The average molecular weight is 478 g/mol. The normalized spacial score (nSPS) is 10.7. The lowest BCUT2D eigenvalue weighted by molar-refractivity contribution is 0.0729. The van der Waals surface area contributed by atoms with Crippen molar-refractivity contribution in [1.29, 1.82) is 0 Å². The van der Waals surface area contributed by atoms with Gasteiger partial charge in [0.25, 0.3) is 5.91 Å². The smallest absolute Gasteiger partial charge is 0.343 e. The molecule has 0 saturated heterocycles. The summed E-state index contributed by atoms with van der Waals surface area (Å²) in [7, 11) is 1.44. The lowest BCUT2D eigenvalue weighted by atomic mass is 10.2. The van der Waals surface area contributed by atoms with E-state index in [2.05, 4.69) is 10.5 Å². The van der Waals surface area contributed by atoms with Crippen molar-refractivity contribution < 1.29 is 19.1 Å². The second-order valence-corrected chi connectivity index (χ2v) is 7.39. The number of hydrogen-bond donors (Lipinski definition) is 1. The minimum absolute atomic E-state index is 0.209. The summed E-state index contributed by atoms with van der Waals surface area (Å²) >= 11 is 17.6. The second-order valence-electron chi connectivity index (χ2n) is 6.13. The molecule has 3 aromatic carbocycles. The van der Waals surface area contributed by atoms with Gasteiger partial charge in [0.15, 0.2) is 11.5 Å². The highest BCUT2D eigenvalue weighted by molar-refractivity contribution is 6.42. The molecule has 158 valence electrons. The zero-order valence-corrected chi connectivity index (χ0v) is 18.3. The van der Waals surface area contributed by atoms with E-state index in [1.165, 1.54) is 31.5 Å². The minimum Gasteiger partial charge on any atom is -0.493 e. The summed E-state index contributed by atoms with van der Waals surface area (Å²) in [5.74, 6) is -0.483. The Morgan fingerprint density at radius 2 is 1.58 bits per heavy atom. The van der Waals surface area contributed by atoms with Gasteiger partial charge in [0, 0.05) is 10.6 Å². The third kappa shape index (κ3) is 5.98. The van der Waals surface area contributed by atoms with Crippen molar-refractivity contribution >= 4 is 52.9 Å². The van der Waals surface area contributed by atoms with Gasteiger partial charge in [0.1, 0.15) is 0 Å². The van der Waals surface area contributed by atoms with Gasteiger partial charge in [-0.1, -0.05) is 34.8 Å². The Morgan fingerprint density at radius 1 is 0.871 bits per heavy atom. The molecule has 0 heterocycles. The number of nitrogens with zero attached hydrogens (tertiary/aromatic N) is 1. The van der Waals surface area contributed by atoms with Crippen molar-refractivity contribution in [3.63, 3.8) is 0 Å². The topological polar surface area (TPSA) is 77.0 Å². The standard InChI is InChI=1S/C22H15Cl3N2O4/c1-30-20-10-13(12-26-27-21(28)14-3-6-16(23)7-4-14)2-9-19(20)31-22(29)15-5-8-17(24)18(25)11-15/h2-12H,1H3,(H,27,28). The Balaban J connectivity index is 1.68. The summed E-state index contributed by atoms with van der Waals surface area (Å²) in [6, 6.07) is 15.7. The third-order valence-corrected chi connectivity index (χ3v) is 5.02. The first-order valence-electron chi connectivity index (χ1n) is 8.81. The lowest BCUT2D eigenvalue weighted by Gasteiger charge is -2.10. The Kier molecular flexibility index (Phi) is 7.52. The molecule has 3 rings (SSSR count). The predicted molar refractivity (Wildman–Crippen MR) is 121 cm³/mol. The molecule has 0 atom stereocenters. The van der Waals surface area contributed by atoms with Crippen molar-refractivity contribution in [1.82, 2.24) is 5.43 Å². The van der Waals surface area contributed by atoms with Gasteiger partial charge >= 0.3 is 5.97 Å². The quantitative estimate of drug-likeness (QED) is 0.216. The number of halogens is 3. The zero-order valence-electron chi connectivity index (χ0n) is 16.1. The number of methoxy groups -OCH3 is 1. The van der Waals surface area contributed by atoms with Crippen LogP contribution in [0.2, 0.25) is 15.1 Å². The summed E-state index contributed by atoms with van der Waals surface area (Å²) in [5.41, 5.74) is 3.70. The molecule has 0 spiro atoms. The molecule has 1 amide bonds. The molecule has 0 saturated carbocycles. The third-order valence-electron chi connectivity index (χ3n) is 4.03. The van der Waals surface area contributed by atoms with Gasteiger partial charge in [-0.15, -0.1) is 0 Å². The number of carbonyl (C=O) groups is 2.